The largest absolute Gasteiger partial charge is 0.289 e. The Morgan fingerprint density at radius 1 is 0.464 bits per heavy atom. The third kappa shape index (κ3) is 2.86. The van der Waals surface area contributed by atoms with Gasteiger partial charge in [0.15, 0.2) is 5.78 Å². The van der Waals surface area contributed by atoms with Crippen LogP contribution in [-0.2, 0) is 12.8 Å². The minimum atomic E-state index is 0.144. The fourth-order valence-corrected chi connectivity index (χ4v) is 4.17. The number of benzene rings is 4. The van der Waals surface area contributed by atoms with Gasteiger partial charge in [-0.3, -0.25) is 4.79 Å². The highest BCUT2D eigenvalue weighted by Gasteiger charge is 2.21. The van der Waals surface area contributed by atoms with Crippen molar-refractivity contribution >= 4 is 5.78 Å². The van der Waals surface area contributed by atoms with Crippen molar-refractivity contribution in [2.45, 2.75) is 12.8 Å². The lowest BCUT2D eigenvalue weighted by atomic mass is 9.91. The van der Waals surface area contributed by atoms with Gasteiger partial charge in [0.2, 0.25) is 0 Å². The van der Waals surface area contributed by atoms with E-state index in [0.29, 0.717) is 0 Å². The summed E-state index contributed by atoms with van der Waals surface area (Å²) in [7, 11) is 0. The average molecular weight is 360 g/mol. The number of rotatable bonds is 2. The minimum Gasteiger partial charge on any atom is -0.289 e. The fraction of sp³-hybridized carbons (Fsp3) is 0.0741. The molecular formula is C27H20O. The first-order valence-electron chi connectivity index (χ1n) is 9.71. The van der Waals surface area contributed by atoms with Crippen LogP contribution < -0.4 is 0 Å². The lowest BCUT2D eigenvalue weighted by molar-refractivity contribution is 0.103. The van der Waals surface area contributed by atoms with Crippen LogP contribution in [0.15, 0.2) is 97.1 Å². The molecule has 0 saturated carbocycles. The van der Waals surface area contributed by atoms with Gasteiger partial charge in [-0.2, -0.15) is 0 Å². The van der Waals surface area contributed by atoms with Crippen LogP contribution in [0.2, 0.25) is 0 Å². The zero-order valence-corrected chi connectivity index (χ0v) is 15.6. The van der Waals surface area contributed by atoms with E-state index in [0.717, 1.165) is 40.7 Å². The molecule has 0 bridgehead atoms. The van der Waals surface area contributed by atoms with Gasteiger partial charge < -0.3 is 0 Å². The van der Waals surface area contributed by atoms with Crippen molar-refractivity contribution < 1.29 is 4.79 Å². The van der Waals surface area contributed by atoms with Gasteiger partial charge in [-0.1, -0.05) is 97.1 Å². The number of ketones is 1. The monoisotopic (exact) mass is 360 g/mol. The minimum absolute atomic E-state index is 0.144. The molecule has 134 valence electrons. The van der Waals surface area contributed by atoms with Crippen LogP contribution in [-0.4, -0.2) is 5.78 Å². The first-order chi connectivity index (χ1) is 13.8. The zero-order valence-electron chi connectivity index (χ0n) is 15.6. The van der Waals surface area contributed by atoms with Crippen LogP contribution in [0.5, 0.6) is 0 Å². The maximum Gasteiger partial charge on any atom is 0.193 e. The predicted molar refractivity (Wildman–Crippen MR) is 115 cm³/mol. The molecule has 0 amide bonds. The van der Waals surface area contributed by atoms with E-state index in [2.05, 4.69) is 66.7 Å². The maximum absolute atomic E-state index is 13.1. The standard InChI is InChI=1S/C27H20O/c28-27-25-13-5-4-10-20(25)14-15-22-18-21(16-17-26(22)27)24-12-7-6-11-23(24)19-8-2-1-3-9-19/h1-13,16-18H,14-15H2. The van der Waals surface area contributed by atoms with Crippen LogP contribution in [0.1, 0.15) is 27.0 Å². The molecule has 0 heterocycles. The highest BCUT2D eigenvalue weighted by Crippen LogP contribution is 2.34. The number of carbonyl (C=O) groups excluding carboxylic acids is 1. The molecule has 0 radical (unpaired) electrons. The van der Waals surface area contributed by atoms with Crippen LogP contribution in [0.4, 0.5) is 0 Å². The molecule has 1 aliphatic carbocycles. The van der Waals surface area contributed by atoms with Crippen LogP contribution in [0, 0.1) is 0 Å². The maximum atomic E-state index is 13.1. The molecule has 0 fully saturated rings. The SMILES string of the molecule is O=C1c2ccccc2CCc2cc(-c3ccccc3-c3ccccc3)ccc21. The Morgan fingerprint density at radius 2 is 1.04 bits per heavy atom. The van der Waals surface area contributed by atoms with E-state index in [-0.39, 0.29) is 5.78 Å². The van der Waals surface area contributed by atoms with Gasteiger partial charge >= 0.3 is 0 Å². The molecule has 0 aromatic heterocycles. The summed E-state index contributed by atoms with van der Waals surface area (Å²) in [6.07, 6.45) is 1.79. The van der Waals surface area contributed by atoms with E-state index in [1.54, 1.807) is 0 Å². The van der Waals surface area contributed by atoms with E-state index in [9.17, 15) is 4.79 Å². The molecule has 4 aromatic carbocycles. The second kappa shape index (κ2) is 6.94. The molecule has 0 spiro atoms. The molecule has 5 rings (SSSR count). The van der Waals surface area contributed by atoms with Crippen molar-refractivity contribution in [1.29, 1.82) is 0 Å². The molecule has 0 saturated heterocycles. The van der Waals surface area contributed by atoms with Gasteiger partial charge in [-0.05, 0) is 46.2 Å². The summed E-state index contributed by atoms with van der Waals surface area (Å²) in [6, 6.07) is 33.2. The van der Waals surface area contributed by atoms with Gasteiger partial charge in [0, 0.05) is 11.1 Å². The summed E-state index contributed by atoms with van der Waals surface area (Å²) in [5.74, 6) is 0.144. The van der Waals surface area contributed by atoms with Crippen molar-refractivity contribution in [2.24, 2.45) is 0 Å². The van der Waals surface area contributed by atoms with Crippen LogP contribution in [0.3, 0.4) is 0 Å². The summed E-state index contributed by atoms with van der Waals surface area (Å²) >= 11 is 0. The normalized spacial score (nSPS) is 12.8. The molecule has 0 atom stereocenters. The smallest absolute Gasteiger partial charge is 0.193 e. The van der Waals surface area contributed by atoms with Crippen LogP contribution in [0.25, 0.3) is 22.3 Å². The second-order valence-corrected chi connectivity index (χ2v) is 7.27. The van der Waals surface area contributed by atoms with Crippen LogP contribution >= 0.6 is 0 Å². The summed E-state index contributed by atoms with van der Waals surface area (Å²) in [4.78, 5) is 13.1. The predicted octanol–water partition coefficient (Wildman–Crippen LogP) is 6.35. The van der Waals surface area contributed by atoms with Gasteiger partial charge in [0.1, 0.15) is 0 Å². The molecule has 1 nitrogen and oxygen atoms in total. The highest BCUT2D eigenvalue weighted by atomic mass is 16.1. The van der Waals surface area contributed by atoms with Gasteiger partial charge in [-0.25, -0.2) is 0 Å². The van der Waals surface area contributed by atoms with E-state index in [1.807, 2.05) is 30.3 Å². The van der Waals surface area contributed by atoms with E-state index >= 15 is 0 Å². The molecular weight excluding hydrogens is 340 g/mol. The van der Waals surface area contributed by atoms with E-state index in [1.165, 1.54) is 16.7 Å². The van der Waals surface area contributed by atoms with E-state index in [4.69, 9.17) is 0 Å². The van der Waals surface area contributed by atoms with Gasteiger partial charge in [-0.15, -0.1) is 0 Å². The Balaban J connectivity index is 1.62. The van der Waals surface area contributed by atoms with Crippen molar-refractivity contribution in [3.05, 3.63) is 119 Å². The highest BCUT2D eigenvalue weighted by molar-refractivity contribution is 6.11. The fourth-order valence-electron chi connectivity index (χ4n) is 4.17. The summed E-state index contributed by atoms with van der Waals surface area (Å²) < 4.78 is 0. The molecule has 4 aromatic rings. The Bertz CT molecular complexity index is 1170. The topological polar surface area (TPSA) is 17.1 Å². The second-order valence-electron chi connectivity index (χ2n) is 7.27. The Kier molecular flexibility index (Phi) is 4.14. The Hall–Kier alpha value is -3.45. The van der Waals surface area contributed by atoms with Crippen molar-refractivity contribution in [2.75, 3.05) is 0 Å². The number of fused-ring (bicyclic) bond motifs is 2. The zero-order chi connectivity index (χ0) is 18.9. The molecule has 0 N–H and O–H groups in total. The summed E-state index contributed by atoms with van der Waals surface area (Å²) in [5.41, 5.74) is 8.76. The number of carbonyl (C=O) groups is 1. The molecule has 1 aliphatic rings. The number of hydrogen-bond donors (Lipinski definition) is 0. The first kappa shape index (κ1) is 16.7. The van der Waals surface area contributed by atoms with E-state index < -0.39 is 0 Å². The quantitative estimate of drug-likeness (QED) is 0.407. The van der Waals surface area contributed by atoms with Gasteiger partial charge in [0.05, 0.1) is 0 Å². The Labute approximate surface area is 165 Å². The average Bonchev–Trinajstić information content (AvgIpc) is 2.91. The molecule has 0 unspecified atom stereocenters. The molecule has 28 heavy (non-hydrogen) atoms. The third-order valence-corrected chi connectivity index (χ3v) is 5.60. The lowest BCUT2D eigenvalue weighted by Crippen LogP contribution is -2.04. The summed E-state index contributed by atoms with van der Waals surface area (Å²) in [5, 5.41) is 0. The van der Waals surface area contributed by atoms with Crippen molar-refractivity contribution in [3.63, 3.8) is 0 Å². The third-order valence-electron chi connectivity index (χ3n) is 5.60. The molecule has 0 aliphatic heterocycles. The number of aryl methyl sites for hydroxylation is 2. The van der Waals surface area contributed by atoms with Gasteiger partial charge in [0.25, 0.3) is 0 Å². The first-order valence-corrected chi connectivity index (χ1v) is 9.71. The Morgan fingerprint density at radius 3 is 1.82 bits per heavy atom. The number of hydrogen-bond acceptors (Lipinski definition) is 1. The van der Waals surface area contributed by atoms with Crippen molar-refractivity contribution in [3.8, 4) is 22.3 Å². The van der Waals surface area contributed by atoms with Crippen molar-refractivity contribution in [1.82, 2.24) is 0 Å². The lowest BCUT2D eigenvalue weighted by Gasteiger charge is -2.13. The summed E-state index contributed by atoms with van der Waals surface area (Å²) in [6.45, 7) is 0. The molecule has 1 heteroatoms.